The monoisotopic (exact) mass is 412 g/mol. The molecule has 0 spiro atoms. The molecule has 0 radical (unpaired) electrons. The van der Waals surface area contributed by atoms with Crippen LogP contribution < -0.4 is 24.4 Å². The number of ketones is 1. The van der Waals surface area contributed by atoms with Gasteiger partial charge < -0.3 is 19.5 Å². The van der Waals surface area contributed by atoms with Gasteiger partial charge in [0, 0.05) is 5.56 Å². The van der Waals surface area contributed by atoms with Crippen LogP contribution in [0.25, 0.3) is 0 Å². The van der Waals surface area contributed by atoms with E-state index < -0.39 is 6.10 Å². The van der Waals surface area contributed by atoms with Gasteiger partial charge in [-0.2, -0.15) is 0 Å². The molecular formula is C22H24N2O6. The summed E-state index contributed by atoms with van der Waals surface area (Å²) >= 11 is 0. The lowest BCUT2D eigenvalue weighted by molar-refractivity contribution is -0.128. The summed E-state index contributed by atoms with van der Waals surface area (Å²) in [5, 5.41) is 2.74. The zero-order valence-corrected chi connectivity index (χ0v) is 17.1. The average molecular weight is 412 g/mol. The zero-order valence-electron chi connectivity index (χ0n) is 17.1. The van der Waals surface area contributed by atoms with Gasteiger partial charge in [0.2, 0.25) is 5.91 Å². The molecule has 1 aliphatic heterocycles. The summed E-state index contributed by atoms with van der Waals surface area (Å²) in [5.74, 6) is 1.04. The summed E-state index contributed by atoms with van der Waals surface area (Å²) < 4.78 is 16.3. The topological polar surface area (TPSA) is 94.2 Å². The highest BCUT2D eigenvalue weighted by Crippen LogP contribution is 2.34. The molecule has 0 aromatic heterocycles. The smallest absolute Gasteiger partial charge is 0.268 e. The number of methoxy groups -OCH3 is 1. The minimum atomic E-state index is -0.716. The first-order valence-electron chi connectivity index (χ1n) is 9.55. The van der Waals surface area contributed by atoms with E-state index in [0.29, 0.717) is 22.7 Å². The van der Waals surface area contributed by atoms with Gasteiger partial charge in [-0.1, -0.05) is 0 Å². The van der Waals surface area contributed by atoms with Crippen molar-refractivity contribution in [2.24, 2.45) is 0 Å². The van der Waals surface area contributed by atoms with Gasteiger partial charge in [0.25, 0.3) is 5.91 Å². The van der Waals surface area contributed by atoms with E-state index in [1.54, 1.807) is 56.5 Å². The van der Waals surface area contributed by atoms with Crippen molar-refractivity contribution in [1.29, 1.82) is 0 Å². The Kier molecular flexibility index (Phi) is 6.56. The van der Waals surface area contributed by atoms with Crippen molar-refractivity contribution in [3.63, 3.8) is 0 Å². The van der Waals surface area contributed by atoms with E-state index in [0.717, 1.165) is 5.75 Å². The Hall–Kier alpha value is -3.55. The third kappa shape index (κ3) is 4.89. The number of amides is 2. The molecule has 1 aliphatic rings. The number of fused-ring (bicyclic) bond motifs is 1. The van der Waals surface area contributed by atoms with Crippen molar-refractivity contribution in [3.8, 4) is 17.2 Å². The molecule has 1 heterocycles. The fourth-order valence-corrected chi connectivity index (χ4v) is 3.02. The summed E-state index contributed by atoms with van der Waals surface area (Å²) in [5.41, 5.74) is 0.855. The summed E-state index contributed by atoms with van der Waals surface area (Å²) in [6.07, 6.45) is -0.716. The van der Waals surface area contributed by atoms with E-state index in [1.165, 1.54) is 11.8 Å². The highest BCUT2D eigenvalue weighted by atomic mass is 16.5. The molecule has 158 valence electrons. The van der Waals surface area contributed by atoms with Crippen LogP contribution >= 0.6 is 0 Å². The van der Waals surface area contributed by atoms with Crippen LogP contribution in [0, 0.1) is 0 Å². The third-order valence-electron chi connectivity index (χ3n) is 4.63. The van der Waals surface area contributed by atoms with Gasteiger partial charge in [0.1, 0.15) is 30.4 Å². The number of hydrogen-bond acceptors (Lipinski definition) is 6. The lowest BCUT2D eigenvalue weighted by Gasteiger charge is -2.32. The second-order valence-corrected chi connectivity index (χ2v) is 6.80. The fourth-order valence-electron chi connectivity index (χ4n) is 3.02. The molecule has 0 saturated carbocycles. The van der Waals surface area contributed by atoms with Crippen LogP contribution in [0.4, 0.5) is 5.69 Å². The average Bonchev–Trinajstić information content (AvgIpc) is 2.74. The molecule has 0 bridgehead atoms. The number of anilines is 1. The van der Waals surface area contributed by atoms with Gasteiger partial charge in [0.15, 0.2) is 11.9 Å². The zero-order chi connectivity index (χ0) is 21.7. The number of rotatable bonds is 8. The molecule has 2 aromatic carbocycles. The molecule has 30 heavy (non-hydrogen) atoms. The molecule has 2 amide bonds. The first kappa shape index (κ1) is 21.2. The van der Waals surface area contributed by atoms with Crippen molar-refractivity contribution in [2.75, 3.05) is 31.7 Å². The van der Waals surface area contributed by atoms with Crippen LogP contribution in [0.2, 0.25) is 0 Å². The molecule has 3 rings (SSSR count). The van der Waals surface area contributed by atoms with Crippen molar-refractivity contribution in [3.05, 3.63) is 48.0 Å². The fraction of sp³-hybridized carbons (Fsp3) is 0.318. The van der Waals surface area contributed by atoms with Gasteiger partial charge in [-0.05, 0) is 56.3 Å². The van der Waals surface area contributed by atoms with Crippen molar-refractivity contribution >= 4 is 23.3 Å². The van der Waals surface area contributed by atoms with E-state index >= 15 is 0 Å². The van der Waals surface area contributed by atoms with E-state index in [1.807, 2.05) is 0 Å². The van der Waals surface area contributed by atoms with E-state index in [2.05, 4.69) is 5.32 Å². The van der Waals surface area contributed by atoms with E-state index in [-0.39, 0.29) is 37.3 Å². The largest absolute Gasteiger partial charge is 0.497 e. The summed E-state index contributed by atoms with van der Waals surface area (Å²) in [7, 11) is 1.59. The highest BCUT2D eigenvalue weighted by molar-refractivity contribution is 6.05. The van der Waals surface area contributed by atoms with Gasteiger partial charge in [-0.15, -0.1) is 0 Å². The minimum Gasteiger partial charge on any atom is -0.497 e. The first-order valence-corrected chi connectivity index (χ1v) is 9.55. The molecule has 1 unspecified atom stereocenters. The van der Waals surface area contributed by atoms with Gasteiger partial charge in [0.05, 0.1) is 19.3 Å². The molecule has 0 fully saturated rings. The van der Waals surface area contributed by atoms with Crippen molar-refractivity contribution in [1.82, 2.24) is 5.32 Å². The Morgan fingerprint density at radius 2 is 1.83 bits per heavy atom. The Labute approximate surface area is 174 Å². The molecule has 1 atom stereocenters. The second-order valence-electron chi connectivity index (χ2n) is 6.80. The van der Waals surface area contributed by atoms with Gasteiger partial charge in [-0.25, -0.2) is 0 Å². The second kappa shape index (κ2) is 9.30. The number of carbonyl (C=O) groups excluding carboxylic acids is 3. The third-order valence-corrected chi connectivity index (χ3v) is 4.63. The standard InChI is InChI=1S/C22H24N2O6/c1-14(25)16-4-9-20-19(12-16)24(22(27)15(2)30-20)13-21(26)23-10-11-29-18-7-5-17(28-3)6-8-18/h4-9,12,15H,10-11,13H2,1-3H3,(H,23,26). The number of Topliss-reactive ketones (excluding diaryl/α,β-unsaturated/α-hetero) is 1. The SMILES string of the molecule is COc1ccc(OCCNC(=O)CN2C(=O)C(C)Oc3ccc(C(C)=O)cc32)cc1. The van der Waals surface area contributed by atoms with Crippen LogP contribution in [0.5, 0.6) is 17.2 Å². The Morgan fingerprint density at radius 1 is 1.13 bits per heavy atom. The van der Waals surface area contributed by atoms with E-state index in [9.17, 15) is 14.4 Å². The maximum absolute atomic E-state index is 12.6. The van der Waals surface area contributed by atoms with Crippen LogP contribution in [0.1, 0.15) is 24.2 Å². The molecule has 0 saturated heterocycles. The number of ether oxygens (including phenoxy) is 3. The molecule has 1 N–H and O–H groups in total. The molecule has 0 aliphatic carbocycles. The van der Waals surface area contributed by atoms with Crippen LogP contribution in [0.15, 0.2) is 42.5 Å². The predicted molar refractivity (Wildman–Crippen MR) is 110 cm³/mol. The van der Waals surface area contributed by atoms with Crippen molar-refractivity contribution < 1.29 is 28.6 Å². The van der Waals surface area contributed by atoms with Crippen molar-refractivity contribution in [2.45, 2.75) is 20.0 Å². The highest BCUT2D eigenvalue weighted by Gasteiger charge is 2.33. The first-order chi connectivity index (χ1) is 14.4. The molecular weight excluding hydrogens is 388 g/mol. The lowest BCUT2D eigenvalue weighted by atomic mass is 10.1. The van der Waals surface area contributed by atoms with Crippen LogP contribution in [0.3, 0.4) is 0 Å². The number of hydrogen-bond donors (Lipinski definition) is 1. The molecule has 8 nitrogen and oxygen atoms in total. The van der Waals surface area contributed by atoms with Crippen LogP contribution in [-0.2, 0) is 9.59 Å². The summed E-state index contributed by atoms with van der Waals surface area (Å²) in [6, 6.07) is 12.0. The normalized spacial score (nSPS) is 15.1. The number of carbonyl (C=O) groups is 3. The Bertz CT molecular complexity index is 941. The molecule has 8 heteroatoms. The predicted octanol–water partition coefficient (Wildman–Crippen LogP) is 2.21. The quantitative estimate of drug-likeness (QED) is 0.528. The number of nitrogens with one attached hydrogen (secondary N) is 1. The van der Waals surface area contributed by atoms with Gasteiger partial charge >= 0.3 is 0 Å². The Morgan fingerprint density at radius 3 is 2.50 bits per heavy atom. The maximum Gasteiger partial charge on any atom is 0.268 e. The minimum absolute atomic E-state index is 0.135. The molecule has 2 aromatic rings. The van der Waals surface area contributed by atoms with Gasteiger partial charge in [-0.3, -0.25) is 19.3 Å². The number of nitrogens with zero attached hydrogens (tertiary/aromatic N) is 1. The lowest BCUT2D eigenvalue weighted by Crippen LogP contribution is -2.49. The van der Waals surface area contributed by atoms with E-state index in [4.69, 9.17) is 14.2 Å². The number of benzene rings is 2. The maximum atomic E-state index is 12.6. The Balaban J connectivity index is 1.58. The van der Waals surface area contributed by atoms with Crippen LogP contribution in [-0.4, -0.2) is 50.5 Å². The summed E-state index contributed by atoms with van der Waals surface area (Å²) in [4.78, 5) is 38.0. The summed E-state index contributed by atoms with van der Waals surface area (Å²) in [6.45, 7) is 3.44.